The Labute approximate surface area is 104 Å². The summed E-state index contributed by atoms with van der Waals surface area (Å²) in [5.74, 6) is 0.637. The predicted molar refractivity (Wildman–Crippen MR) is 65.9 cm³/mol. The quantitative estimate of drug-likeness (QED) is 0.780. The highest BCUT2D eigenvalue weighted by Crippen LogP contribution is 2.17. The zero-order chi connectivity index (χ0) is 11.3. The van der Waals surface area contributed by atoms with E-state index in [0.29, 0.717) is 12.5 Å². The summed E-state index contributed by atoms with van der Waals surface area (Å²) in [7, 11) is 1.70. The van der Waals surface area contributed by atoms with Crippen molar-refractivity contribution in [3.8, 4) is 5.88 Å². The van der Waals surface area contributed by atoms with Crippen LogP contribution in [-0.4, -0.2) is 29.3 Å². The number of nitrogens with zero attached hydrogens (tertiary/aromatic N) is 2. The zero-order valence-electron chi connectivity index (χ0n) is 9.16. The van der Waals surface area contributed by atoms with Crippen LogP contribution >= 0.6 is 22.6 Å². The fourth-order valence-electron chi connectivity index (χ4n) is 0.903. The van der Waals surface area contributed by atoms with Gasteiger partial charge in [0.15, 0.2) is 0 Å². The zero-order valence-corrected chi connectivity index (χ0v) is 11.3. The number of methoxy groups -OCH3 is 1. The minimum atomic E-state index is -0.154. The average Bonchev–Trinajstić information content (AvgIpc) is 2.21. The van der Waals surface area contributed by atoms with Gasteiger partial charge in [0.1, 0.15) is 6.33 Å². The normalized spacial score (nSPS) is 11.5. The lowest BCUT2D eigenvalue weighted by Crippen LogP contribution is -2.25. The molecule has 0 fully saturated rings. The highest BCUT2D eigenvalue weighted by molar-refractivity contribution is 14.1. The van der Waals surface area contributed by atoms with Crippen LogP contribution in [0.3, 0.4) is 0 Å². The third kappa shape index (κ3) is 4.29. The van der Waals surface area contributed by atoms with Gasteiger partial charge in [0, 0.05) is 19.7 Å². The van der Waals surface area contributed by atoms with E-state index >= 15 is 0 Å². The third-order valence-corrected chi connectivity index (χ3v) is 2.87. The van der Waals surface area contributed by atoms with Crippen molar-refractivity contribution in [3.05, 3.63) is 16.1 Å². The molecule has 1 aromatic heterocycles. The molecule has 5 heteroatoms. The van der Waals surface area contributed by atoms with Gasteiger partial charge in [-0.05, 0) is 36.4 Å². The largest absolute Gasteiger partial charge is 0.477 e. The minimum absolute atomic E-state index is 0.154. The van der Waals surface area contributed by atoms with E-state index in [4.69, 9.17) is 9.47 Å². The van der Waals surface area contributed by atoms with Crippen LogP contribution in [0.2, 0.25) is 0 Å². The van der Waals surface area contributed by atoms with Crippen LogP contribution in [0, 0.1) is 3.57 Å². The molecule has 0 aromatic carbocycles. The monoisotopic (exact) mass is 322 g/mol. The first-order chi connectivity index (χ1) is 7.05. The third-order valence-electron chi connectivity index (χ3n) is 2.13. The molecule has 1 aromatic rings. The number of hydrogen-bond acceptors (Lipinski definition) is 4. The maximum absolute atomic E-state index is 5.54. The van der Waals surface area contributed by atoms with Crippen LogP contribution in [0.25, 0.3) is 0 Å². The van der Waals surface area contributed by atoms with E-state index < -0.39 is 0 Å². The highest BCUT2D eigenvalue weighted by atomic mass is 127. The van der Waals surface area contributed by atoms with E-state index in [2.05, 4.69) is 32.6 Å². The van der Waals surface area contributed by atoms with Crippen LogP contribution < -0.4 is 4.74 Å². The summed E-state index contributed by atoms with van der Waals surface area (Å²) < 4.78 is 11.7. The van der Waals surface area contributed by atoms with Gasteiger partial charge in [0.2, 0.25) is 5.88 Å². The molecule has 1 rings (SSSR count). The Morgan fingerprint density at radius 2 is 2.20 bits per heavy atom. The highest BCUT2D eigenvalue weighted by Gasteiger charge is 2.16. The molecule has 0 saturated heterocycles. The van der Waals surface area contributed by atoms with Gasteiger partial charge < -0.3 is 9.47 Å². The molecule has 0 aliphatic heterocycles. The first-order valence-electron chi connectivity index (χ1n) is 4.68. The SMILES string of the molecule is COC(C)(C)CCOc1ncncc1I. The Balaban J connectivity index is 2.42. The topological polar surface area (TPSA) is 44.2 Å². The van der Waals surface area contributed by atoms with Gasteiger partial charge in [-0.2, -0.15) is 0 Å². The molecule has 15 heavy (non-hydrogen) atoms. The second-order valence-corrected chi connectivity index (χ2v) is 4.90. The molecule has 0 aliphatic carbocycles. The van der Waals surface area contributed by atoms with Crippen molar-refractivity contribution in [1.82, 2.24) is 9.97 Å². The van der Waals surface area contributed by atoms with Gasteiger partial charge in [-0.3, -0.25) is 0 Å². The number of aromatic nitrogens is 2. The molecule has 0 radical (unpaired) electrons. The molecule has 4 nitrogen and oxygen atoms in total. The number of hydrogen-bond donors (Lipinski definition) is 0. The lowest BCUT2D eigenvalue weighted by atomic mass is 10.1. The van der Waals surface area contributed by atoms with Crippen molar-refractivity contribution in [3.63, 3.8) is 0 Å². The molecule has 0 unspecified atom stereocenters. The summed E-state index contributed by atoms with van der Waals surface area (Å²) in [5.41, 5.74) is -0.154. The van der Waals surface area contributed by atoms with Gasteiger partial charge in [-0.15, -0.1) is 0 Å². The summed E-state index contributed by atoms with van der Waals surface area (Å²) in [5, 5.41) is 0. The molecule has 0 spiro atoms. The standard InChI is InChI=1S/C10H15IN2O2/c1-10(2,14-3)4-5-15-9-8(11)6-12-7-13-9/h6-7H,4-5H2,1-3H3. The summed E-state index contributed by atoms with van der Waals surface area (Å²) in [6, 6.07) is 0. The van der Waals surface area contributed by atoms with Crippen LogP contribution in [0.1, 0.15) is 20.3 Å². The van der Waals surface area contributed by atoms with E-state index in [1.807, 2.05) is 13.8 Å². The Hall–Kier alpha value is -0.430. The van der Waals surface area contributed by atoms with Crippen molar-refractivity contribution in [2.75, 3.05) is 13.7 Å². The fraction of sp³-hybridized carbons (Fsp3) is 0.600. The Bertz CT molecular complexity index is 318. The van der Waals surface area contributed by atoms with Gasteiger partial charge in [0.05, 0.1) is 15.8 Å². The molecular weight excluding hydrogens is 307 g/mol. The summed E-state index contributed by atoms with van der Waals surface area (Å²) in [6.07, 6.45) is 4.03. The maximum Gasteiger partial charge on any atom is 0.230 e. The van der Waals surface area contributed by atoms with E-state index in [1.54, 1.807) is 13.3 Å². The minimum Gasteiger partial charge on any atom is -0.477 e. The van der Waals surface area contributed by atoms with Gasteiger partial charge in [0.25, 0.3) is 0 Å². The van der Waals surface area contributed by atoms with Crippen LogP contribution in [0.15, 0.2) is 12.5 Å². The smallest absolute Gasteiger partial charge is 0.230 e. The molecule has 1 heterocycles. The average molecular weight is 322 g/mol. The first-order valence-corrected chi connectivity index (χ1v) is 5.76. The number of rotatable bonds is 5. The Morgan fingerprint density at radius 3 is 2.80 bits per heavy atom. The van der Waals surface area contributed by atoms with Crippen LogP contribution in [-0.2, 0) is 4.74 Å². The van der Waals surface area contributed by atoms with Gasteiger partial charge in [-0.1, -0.05) is 0 Å². The summed E-state index contributed by atoms with van der Waals surface area (Å²) >= 11 is 2.15. The van der Waals surface area contributed by atoms with E-state index in [9.17, 15) is 0 Å². The van der Waals surface area contributed by atoms with E-state index in [1.165, 1.54) is 6.33 Å². The predicted octanol–water partition coefficient (Wildman–Crippen LogP) is 2.28. The second-order valence-electron chi connectivity index (χ2n) is 3.74. The van der Waals surface area contributed by atoms with Crippen molar-refractivity contribution in [2.24, 2.45) is 0 Å². The number of halogens is 1. The lowest BCUT2D eigenvalue weighted by molar-refractivity contribution is 0.00499. The van der Waals surface area contributed by atoms with Crippen molar-refractivity contribution in [1.29, 1.82) is 0 Å². The fourth-order valence-corrected chi connectivity index (χ4v) is 1.36. The molecule has 0 atom stereocenters. The Morgan fingerprint density at radius 1 is 1.47 bits per heavy atom. The summed E-state index contributed by atoms with van der Waals surface area (Å²) in [6.45, 7) is 4.65. The van der Waals surface area contributed by atoms with Crippen LogP contribution in [0.4, 0.5) is 0 Å². The molecule has 0 saturated carbocycles. The van der Waals surface area contributed by atoms with Crippen molar-refractivity contribution in [2.45, 2.75) is 25.9 Å². The second kappa shape index (κ2) is 5.60. The van der Waals surface area contributed by atoms with Crippen molar-refractivity contribution < 1.29 is 9.47 Å². The van der Waals surface area contributed by atoms with Gasteiger partial charge in [-0.25, -0.2) is 9.97 Å². The van der Waals surface area contributed by atoms with Gasteiger partial charge >= 0.3 is 0 Å². The molecule has 84 valence electrons. The maximum atomic E-state index is 5.54. The number of ether oxygens (including phenoxy) is 2. The lowest BCUT2D eigenvalue weighted by Gasteiger charge is -2.22. The molecule has 0 bridgehead atoms. The van der Waals surface area contributed by atoms with E-state index in [-0.39, 0.29) is 5.60 Å². The molecule has 0 amide bonds. The summed E-state index contributed by atoms with van der Waals surface area (Å²) in [4.78, 5) is 7.94. The van der Waals surface area contributed by atoms with Crippen LogP contribution in [0.5, 0.6) is 5.88 Å². The first kappa shape index (κ1) is 12.6. The Kier molecular flexibility index (Phi) is 4.72. The molecule has 0 N–H and O–H groups in total. The van der Waals surface area contributed by atoms with Crippen molar-refractivity contribution >= 4 is 22.6 Å². The van der Waals surface area contributed by atoms with E-state index in [0.717, 1.165) is 9.99 Å². The molecular formula is C10H15IN2O2. The molecule has 0 aliphatic rings.